The van der Waals surface area contributed by atoms with E-state index in [4.69, 9.17) is 4.74 Å². The monoisotopic (exact) mass is 364 g/mol. The van der Waals surface area contributed by atoms with Gasteiger partial charge in [0.05, 0.1) is 25.3 Å². The number of nitrogens with zero attached hydrogens (tertiary/aromatic N) is 2. The number of phenolic OH excluding ortho intramolecular Hbond substituents is 2. The van der Waals surface area contributed by atoms with Gasteiger partial charge in [0, 0.05) is 17.3 Å². The van der Waals surface area contributed by atoms with Gasteiger partial charge in [0.25, 0.3) is 0 Å². The molecule has 0 bridgehead atoms. The summed E-state index contributed by atoms with van der Waals surface area (Å²) in [6.45, 7) is 0. The van der Waals surface area contributed by atoms with Gasteiger partial charge in [-0.05, 0) is 48.2 Å². The summed E-state index contributed by atoms with van der Waals surface area (Å²) in [6.07, 6.45) is 9.24. The Bertz CT molecular complexity index is 925. The van der Waals surface area contributed by atoms with Gasteiger partial charge < -0.3 is 14.9 Å². The van der Waals surface area contributed by atoms with Crippen LogP contribution in [0, 0.1) is 5.92 Å². The number of hydrogen-bond donors (Lipinski definition) is 2. The Morgan fingerprint density at radius 3 is 2.52 bits per heavy atom. The van der Waals surface area contributed by atoms with Crippen LogP contribution in [0.1, 0.15) is 31.2 Å². The van der Waals surface area contributed by atoms with Crippen molar-refractivity contribution in [3.05, 3.63) is 54.5 Å². The van der Waals surface area contributed by atoms with Crippen LogP contribution in [0.3, 0.4) is 0 Å². The van der Waals surface area contributed by atoms with Crippen molar-refractivity contribution in [2.75, 3.05) is 7.11 Å². The van der Waals surface area contributed by atoms with Crippen LogP contribution in [0.25, 0.3) is 16.9 Å². The third kappa shape index (κ3) is 3.50. The molecule has 1 aliphatic carbocycles. The van der Waals surface area contributed by atoms with Crippen LogP contribution in [0.4, 0.5) is 0 Å². The third-order valence-electron chi connectivity index (χ3n) is 5.45. The Kier molecular flexibility index (Phi) is 4.75. The molecule has 1 aromatic heterocycles. The number of ether oxygens (including phenoxy) is 1. The summed E-state index contributed by atoms with van der Waals surface area (Å²) in [5.74, 6) is 1.61. The van der Waals surface area contributed by atoms with Gasteiger partial charge in [0.1, 0.15) is 17.2 Å². The maximum atomic E-state index is 10.5. The standard InChI is InChI=1S/C22H24N2O3/c1-27-18-8-6-17(7-9-18)24-14-23-13-20(24)19-11-16(21(25)12-22(19)26)10-15-4-2-3-5-15/h6-9,11-15,25-26H,2-5,10H2,1H3. The zero-order valence-electron chi connectivity index (χ0n) is 15.4. The van der Waals surface area contributed by atoms with Crippen molar-refractivity contribution in [3.8, 4) is 34.2 Å². The molecule has 5 heteroatoms. The number of imidazole rings is 1. The van der Waals surface area contributed by atoms with Crippen molar-refractivity contribution in [3.63, 3.8) is 0 Å². The van der Waals surface area contributed by atoms with E-state index in [0.29, 0.717) is 11.5 Å². The Morgan fingerprint density at radius 2 is 1.81 bits per heavy atom. The Hall–Kier alpha value is -2.95. The summed E-state index contributed by atoms with van der Waals surface area (Å²) < 4.78 is 7.14. The van der Waals surface area contributed by atoms with Gasteiger partial charge in [-0.15, -0.1) is 0 Å². The molecule has 1 saturated carbocycles. The summed E-state index contributed by atoms with van der Waals surface area (Å²) in [5, 5.41) is 20.8. The van der Waals surface area contributed by atoms with Gasteiger partial charge >= 0.3 is 0 Å². The molecule has 1 heterocycles. The van der Waals surface area contributed by atoms with Gasteiger partial charge in [-0.25, -0.2) is 4.98 Å². The fraction of sp³-hybridized carbons (Fsp3) is 0.318. The average Bonchev–Trinajstić information content (AvgIpc) is 3.36. The predicted octanol–water partition coefficient (Wildman–Crippen LogP) is 4.69. The van der Waals surface area contributed by atoms with E-state index >= 15 is 0 Å². The lowest BCUT2D eigenvalue weighted by atomic mass is 9.95. The molecule has 0 aliphatic heterocycles. The summed E-state index contributed by atoms with van der Waals surface area (Å²) >= 11 is 0. The van der Waals surface area contributed by atoms with Gasteiger partial charge in [-0.3, -0.25) is 4.57 Å². The largest absolute Gasteiger partial charge is 0.508 e. The zero-order chi connectivity index (χ0) is 18.8. The Balaban J connectivity index is 1.71. The van der Waals surface area contributed by atoms with Gasteiger partial charge in [-0.1, -0.05) is 25.7 Å². The number of phenols is 2. The molecule has 0 spiro atoms. The zero-order valence-corrected chi connectivity index (χ0v) is 15.4. The van der Waals surface area contributed by atoms with Crippen LogP contribution < -0.4 is 4.74 Å². The van der Waals surface area contributed by atoms with E-state index in [0.717, 1.165) is 29.1 Å². The molecule has 0 amide bonds. The average molecular weight is 364 g/mol. The first-order chi connectivity index (χ1) is 13.2. The van der Waals surface area contributed by atoms with Gasteiger partial charge in [-0.2, -0.15) is 0 Å². The molecule has 2 aromatic carbocycles. The van der Waals surface area contributed by atoms with Crippen molar-refractivity contribution >= 4 is 0 Å². The predicted molar refractivity (Wildman–Crippen MR) is 105 cm³/mol. The summed E-state index contributed by atoms with van der Waals surface area (Å²) in [6, 6.07) is 11.0. The SMILES string of the molecule is COc1ccc(-n2cncc2-c2cc(CC3CCCC3)c(O)cc2O)cc1. The number of methoxy groups -OCH3 is 1. The minimum atomic E-state index is 0.0536. The number of aromatic hydroxyl groups is 2. The normalized spacial score (nSPS) is 14.6. The van der Waals surface area contributed by atoms with Crippen molar-refractivity contribution in [2.24, 2.45) is 5.92 Å². The maximum absolute atomic E-state index is 10.5. The summed E-state index contributed by atoms with van der Waals surface area (Å²) in [7, 11) is 1.64. The van der Waals surface area contributed by atoms with Crippen molar-refractivity contribution in [1.29, 1.82) is 0 Å². The highest BCUT2D eigenvalue weighted by Gasteiger charge is 2.20. The molecule has 0 unspecified atom stereocenters. The number of hydrogen-bond acceptors (Lipinski definition) is 4. The second-order valence-electron chi connectivity index (χ2n) is 7.20. The number of aromatic nitrogens is 2. The summed E-state index contributed by atoms with van der Waals surface area (Å²) in [4.78, 5) is 4.27. The molecule has 140 valence electrons. The first-order valence-corrected chi connectivity index (χ1v) is 9.37. The van der Waals surface area contributed by atoms with Gasteiger partial charge in [0.15, 0.2) is 0 Å². The van der Waals surface area contributed by atoms with Crippen molar-refractivity contribution in [1.82, 2.24) is 9.55 Å². The molecule has 1 aliphatic rings. The smallest absolute Gasteiger partial charge is 0.128 e. The first kappa shape index (κ1) is 17.5. The molecule has 4 rings (SSSR count). The lowest BCUT2D eigenvalue weighted by Crippen LogP contribution is -2.01. The molecule has 0 saturated heterocycles. The van der Waals surface area contributed by atoms with E-state index in [2.05, 4.69) is 4.98 Å². The highest BCUT2D eigenvalue weighted by Crippen LogP contribution is 2.38. The molecule has 27 heavy (non-hydrogen) atoms. The minimum Gasteiger partial charge on any atom is -0.508 e. The third-order valence-corrected chi connectivity index (χ3v) is 5.45. The second-order valence-corrected chi connectivity index (χ2v) is 7.20. The highest BCUT2D eigenvalue weighted by molar-refractivity contribution is 5.71. The van der Waals surface area contributed by atoms with Crippen LogP contribution in [-0.4, -0.2) is 26.9 Å². The van der Waals surface area contributed by atoms with E-state index in [1.807, 2.05) is 34.9 Å². The molecule has 1 fully saturated rings. The lowest BCUT2D eigenvalue weighted by Gasteiger charge is -2.15. The molecular weight excluding hydrogens is 340 g/mol. The van der Waals surface area contributed by atoms with Crippen molar-refractivity contribution < 1.29 is 14.9 Å². The van der Waals surface area contributed by atoms with Crippen LogP contribution in [-0.2, 0) is 6.42 Å². The Morgan fingerprint density at radius 1 is 1.07 bits per heavy atom. The van der Waals surface area contributed by atoms with E-state index in [9.17, 15) is 10.2 Å². The molecule has 0 radical (unpaired) electrons. The topological polar surface area (TPSA) is 67.5 Å². The molecule has 5 nitrogen and oxygen atoms in total. The fourth-order valence-electron chi connectivity index (χ4n) is 3.96. The molecular formula is C22H24N2O3. The maximum Gasteiger partial charge on any atom is 0.128 e. The minimum absolute atomic E-state index is 0.0536. The highest BCUT2D eigenvalue weighted by atomic mass is 16.5. The number of rotatable bonds is 5. The second kappa shape index (κ2) is 7.35. The quantitative estimate of drug-likeness (QED) is 0.689. The molecule has 0 atom stereocenters. The summed E-state index contributed by atoms with van der Waals surface area (Å²) in [5.41, 5.74) is 3.27. The van der Waals surface area contributed by atoms with E-state index < -0.39 is 0 Å². The van der Waals surface area contributed by atoms with Gasteiger partial charge in [0.2, 0.25) is 0 Å². The fourth-order valence-corrected chi connectivity index (χ4v) is 3.96. The molecule has 2 N–H and O–H groups in total. The Labute approximate surface area is 158 Å². The van der Waals surface area contributed by atoms with E-state index in [1.165, 1.54) is 31.7 Å². The van der Waals surface area contributed by atoms with Crippen LogP contribution in [0.15, 0.2) is 48.9 Å². The van der Waals surface area contributed by atoms with Crippen LogP contribution in [0.2, 0.25) is 0 Å². The van der Waals surface area contributed by atoms with E-state index in [1.54, 1.807) is 19.6 Å². The van der Waals surface area contributed by atoms with Crippen molar-refractivity contribution in [2.45, 2.75) is 32.1 Å². The number of benzene rings is 2. The van der Waals surface area contributed by atoms with E-state index in [-0.39, 0.29) is 11.5 Å². The van der Waals surface area contributed by atoms with Crippen LogP contribution in [0.5, 0.6) is 17.2 Å². The lowest BCUT2D eigenvalue weighted by molar-refractivity contribution is 0.414. The van der Waals surface area contributed by atoms with Crippen LogP contribution >= 0.6 is 0 Å². The molecule has 3 aromatic rings. The first-order valence-electron chi connectivity index (χ1n) is 9.37.